The van der Waals surface area contributed by atoms with Gasteiger partial charge < -0.3 is 20.5 Å². The predicted octanol–water partition coefficient (Wildman–Crippen LogP) is 5.18. The molecule has 1 aromatic heterocycles. The first kappa shape index (κ1) is 29.3. The van der Waals surface area contributed by atoms with Crippen LogP contribution in [0.5, 0.6) is 5.75 Å². The fourth-order valence-corrected chi connectivity index (χ4v) is 5.00. The second-order valence-electron chi connectivity index (χ2n) is 9.83. The summed E-state index contributed by atoms with van der Waals surface area (Å²) in [7, 11) is 0. The maximum absolute atomic E-state index is 13.8. The number of ether oxygens (including phenoxy) is 1. The van der Waals surface area contributed by atoms with Crippen LogP contribution in [-0.4, -0.2) is 40.4 Å². The maximum atomic E-state index is 13.8. The van der Waals surface area contributed by atoms with E-state index >= 15 is 0 Å². The molecule has 0 fully saturated rings. The van der Waals surface area contributed by atoms with Gasteiger partial charge in [0.15, 0.2) is 6.61 Å². The Labute approximate surface area is 252 Å². The van der Waals surface area contributed by atoms with E-state index in [9.17, 15) is 24.3 Å². The van der Waals surface area contributed by atoms with Crippen molar-refractivity contribution in [2.75, 3.05) is 16.8 Å². The van der Waals surface area contributed by atoms with Crippen molar-refractivity contribution in [3.05, 3.63) is 119 Å². The molecule has 10 nitrogen and oxygen atoms in total. The zero-order valence-electron chi connectivity index (χ0n) is 22.8. The Kier molecular flexibility index (Phi) is 8.97. The SMILES string of the molecule is O=C(O)CC(NC(=O)c1ccc2c(c1)NC(=O)CC(c1ccccc1)N2C(=O)COc1ccc(Cl)cc1)c1cccnc1. The topological polar surface area (TPSA) is 138 Å². The molecule has 2 heterocycles. The molecule has 1 aliphatic rings. The summed E-state index contributed by atoms with van der Waals surface area (Å²) in [5.41, 5.74) is 2.09. The van der Waals surface area contributed by atoms with E-state index in [1.54, 1.807) is 48.7 Å². The minimum absolute atomic E-state index is 0.0331. The number of carbonyl (C=O) groups is 4. The number of nitrogens with one attached hydrogen (secondary N) is 2. The average Bonchev–Trinajstić information content (AvgIpc) is 3.16. The number of pyridine rings is 1. The number of amides is 3. The number of aliphatic carboxylic acids is 1. The number of hydrogen-bond donors (Lipinski definition) is 3. The molecule has 1 aliphatic heterocycles. The molecule has 3 N–H and O–H groups in total. The van der Waals surface area contributed by atoms with Gasteiger partial charge in [-0.05, 0) is 59.7 Å². The largest absolute Gasteiger partial charge is 0.484 e. The summed E-state index contributed by atoms with van der Waals surface area (Å²) in [5, 5.41) is 15.5. The summed E-state index contributed by atoms with van der Waals surface area (Å²) in [4.78, 5) is 57.2. The van der Waals surface area contributed by atoms with E-state index in [4.69, 9.17) is 16.3 Å². The van der Waals surface area contributed by atoms with Crippen LogP contribution >= 0.6 is 11.6 Å². The molecule has 5 rings (SSSR count). The van der Waals surface area contributed by atoms with Gasteiger partial charge in [0.25, 0.3) is 11.8 Å². The number of benzene rings is 3. The number of rotatable bonds is 9. The Bertz CT molecular complexity index is 1630. The van der Waals surface area contributed by atoms with Crippen molar-refractivity contribution >= 4 is 46.7 Å². The lowest BCUT2D eigenvalue weighted by Crippen LogP contribution is -2.38. The highest BCUT2D eigenvalue weighted by Crippen LogP contribution is 2.39. The molecule has 0 radical (unpaired) electrons. The number of carboxylic acids is 1. The van der Waals surface area contributed by atoms with Crippen molar-refractivity contribution < 1.29 is 29.0 Å². The molecule has 218 valence electrons. The predicted molar refractivity (Wildman–Crippen MR) is 160 cm³/mol. The molecule has 0 saturated carbocycles. The van der Waals surface area contributed by atoms with E-state index < -0.39 is 29.9 Å². The van der Waals surface area contributed by atoms with Crippen molar-refractivity contribution in [2.24, 2.45) is 0 Å². The van der Waals surface area contributed by atoms with Crippen molar-refractivity contribution in [1.29, 1.82) is 0 Å². The van der Waals surface area contributed by atoms with E-state index in [0.29, 0.717) is 22.0 Å². The Morgan fingerprint density at radius 2 is 1.81 bits per heavy atom. The molecule has 4 aromatic rings. The number of hydrogen-bond acceptors (Lipinski definition) is 6. The first-order valence-corrected chi connectivity index (χ1v) is 13.8. The fraction of sp³-hybridized carbons (Fsp3) is 0.156. The fourth-order valence-electron chi connectivity index (χ4n) is 4.87. The van der Waals surface area contributed by atoms with E-state index in [2.05, 4.69) is 15.6 Å². The first-order chi connectivity index (χ1) is 20.8. The Morgan fingerprint density at radius 3 is 2.51 bits per heavy atom. The van der Waals surface area contributed by atoms with Crippen LogP contribution < -0.4 is 20.3 Å². The zero-order chi connectivity index (χ0) is 30.3. The second kappa shape index (κ2) is 13.2. The van der Waals surface area contributed by atoms with Crippen molar-refractivity contribution in [2.45, 2.75) is 24.9 Å². The Morgan fingerprint density at radius 1 is 1.05 bits per heavy atom. The third-order valence-corrected chi connectivity index (χ3v) is 7.13. The van der Waals surface area contributed by atoms with Gasteiger partial charge in [-0.2, -0.15) is 0 Å². The first-order valence-electron chi connectivity index (χ1n) is 13.4. The molecule has 43 heavy (non-hydrogen) atoms. The number of fused-ring (bicyclic) bond motifs is 1. The van der Waals surface area contributed by atoms with Crippen LogP contribution in [0.2, 0.25) is 5.02 Å². The van der Waals surface area contributed by atoms with Gasteiger partial charge in [-0.3, -0.25) is 29.1 Å². The minimum Gasteiger partial charge on any atom is -0.484 e. The number of anilines is 2. The number of carbonyl (C=O) groups excluding carboxylic acids is 3. The summed E-state index contributed by atoms with van der Waals surface area (Å²) in [6, 6.07) is 22.2. The monoisotopic (exact) mass is 598 g/mol. The summed E-state index contributed by atoms with van der Waals surface area (Å²) < 4.78 is 5.75. The third kappa shape index (κ3) is 7.17. The maximum Gasteiger partial charge on any atom is 0.305 e. The smallest absolute Gasteiger partial charge is 0.305 e. The number of aromatic nitrogens is 1. The number of nitrogens with zero attached hydrogens (tertiary/aromatic N) is 2. The van der Waals surface area contributed by atoms with Crippen LogP contribution in [0.15, 0.2) is 97.3 Å². The van der Waals surface area contributed by atoms with Crippen molar-refractivity contribution in [1.82, 2.24) is 10.3 Å². The molecule has 2 unspecified atom stereocenters. The Hall–Kier alpha value is -5.22. The highest BCUT2D eigenvalue weighted by atomic mass is 35.5. The molecule has 3 aromatic carbocycles. The standard InChI is InChI=1S/C32H27ClN4O6/c33-23-9-11-24(12-10-23)43-19-30(39)37-27-13-8-21(32(42)36-25(16-31(40)41)22-7-4-14-34-18-22)15-26(27)35-29(38)17-28(37)20-5-2-1-3-6-20/h1-15,18,25,28H,16-17,19H2,(H,35,38)(H,36,42)(H,40,41). The van der Waals surface area contributed by atoms with Gasteiger partial charge in [-0.15, -0.1) is 0 Å². The summed E-state index contributed by atoms with van der Waals surface area (Å²) >= 11 is 5.96. The highest BCUT2D eigenvalue weighted by Gasteiger charge is 2.34. The van der Waals surface area contributed by atoms with Crippen LogP contribution in [0.25, 0.3) is 0 Å². The molecule has 0 saturated heterocycles. The van der Waals surface area contributed by atoms with Gasteiger partial charge in [0.2, 0.25) is 5.91 Å². The van der Waals surface area contributed by atoms with E-state index in [1.807, 2.05) is 30.3 Å². The summed E-state index contributed by atoms with van der Waals surface area (Å²) in [6.07, 6.45) is 2.65. The Balaban J connectivity index is 1.46. The molecule has 0 aliphatic carbocycles. The van der Waals surface area contributed by atoms with Gasteiger partial charge in [0.05, 0.1) is 36.3 Å². The van der Waals surface area contributed by atoms with Crippen LogP contribution in [0, 0.1) is 0 Å². The summed E-state index contributed by atoms with van der Waals surface area (Å²) in [5.74, 6) is -1.95. The molecule has 0 spiro atoms. The van der Waals surface area contributed by atoms with Crippen molar-refractivity contribution in [3.8, 4) is 5.75 Å². The van der Waals surface area contributed by atoms with Crippen molar-refractivity contribution in [3.63, 3.8) is 0 Å². The van der Waals surface area contributed by atoms with Crippen LogP contribution in [0.4, 0.5) is 11.4 Å². The summed E-state index contributed by atoms with van der Waals surface area (Å²) in [6.45, 7) is -0.317. The van der Waals surface area contributed by atoms with Gasteiger partial charge in [0, 0.05) is 23.0 Å². The van der Waals surface area contributed by atoms with Gasteiger partial charge in [-0.1, -0.05) is 48.0 Å². The highest BCUT2D eigenvalue weighted by molar-refractivity contribution is 6.30. The lowest BCUT2D eigenvalue weighted by Gasteiger charge is -2.31. The lowest BCUT2D eigenvalue weighted by atomic mass is 10.0. The molecule has 11 heteroatoms. The molecule has 0 bridgehead atoms. The third-order valence-electron chi connectivity index (χ3n) is 6.88. The molecular weight excluding hydrogens is 572 g/mol. The van der Waals surface area contributed by atoms with Crippen LogP contribution in [0.1, 0.15) is 46.4 Å². The molecular formula is C32H27ClN4O6. The second-order valence-corrected chi connectivity index (χ2v) is 10.3. The number of carboxylic acid groups (broad SMARTS) is 1. The van der Waals surface area contributed by atoms with Crippen LogP contribution in [0.3, 0.4) is 0 Å². The quantitative estimate of drug-likeness (QED) is 0.241. The van der Waals surface area contributed by atoms with Gasteiger partial charge in [0.1, 0.15) is 5.75 Å². The van der Waals surface area contributed by atoms with Crippen LogP contribution in [-0.2, 0) is 14.4 Å². The lowest BCUT2D eigenvalue weighted by molar-refractivity contribution is -0.137. The van der Waals surface area contributed by atoms with E-state index in [1.165, 1.54) is 23.2 Å². The van der Waals surface area contributed by atoms with Gasteiger partial charge >= 0.3 is 5.97 Å². The molecule has 3 amide bonds. The number of halogens is 1. The zero-order valence-corrected chi connectivity index (χ0v) is 23.5. The van der Waals surface area contributed by atoms with Gasteiger partial charge in [-0.25, -0.2) is 0 Å². The normalized spacial score (nSPS) is 15.0. The van der Waals surface area contributed by atoms with E-state index in [-0.39, 0.29) is 36.6 Å². The van der Waals surface area contributed by atoms with E-state index in [0.717, 1.165) is 5.56 Å². The minimum atomic E-state index is -1.09. The average molecular weight is 599 g/mol. The molecule has 2 atom stereocenters.